The monoisotopic (exact) mass is 415 g/mol. The van der Waals surface area contributed by atoms with Gasteiger partial charge in [-0.1, -0.05) is 12.1 Å². The van der Waals surface area contributed by atoms with Gasteiger partial charge < -0.3 is 13.9 Å². The highest BCUT2D eigenvalue weighted by molar-refractivity contribution is 7.89. The molecule has 1 aromatic heterocycles. The molecule has 1 fully saturated rings. The molecule has 2 aliphatic heterocycles. The van der Waals surface area contributed by atoms with E-state index < -0.39 is 10.0 Å². The van der Waals surface area contributed by atoms with Crippen LogP contribution in [-0.2, 0) is 16.6 Å². The zero-order chi connectivity index (χ0) is 19.8. The van der Waals surface area contributed by atoms with E-state index in [2.05, 4.69) is 9.88 Å². The van der Waals surface area contributed by atoms with Gasteiger partial charge in [-0.05, 0) is 24.3 Å². The molecular weight excluding hydrogens is 394 g/mol. The van der Waals surface area contributed by atoms with Gasteiger partial charge in [0.1, 0.15) is 18.7 Å². The highest BCUT2D eigenvalue weighted by Crippen LogP contribution is 2.33. The van der Waals surface area contributed by atoms with E-state index in [0.717, 1.165) is 11.1 Å². The van der Waals surface area contributed by atoms with Crippen molar-refractivity contribution in [3.8, 4) is 11.5 Å². The van der Waals surface area contributed by atoms with Crippen LogP contribution in [0.4, 0.5) is 0 Å². The molecule has 0 N–H and O–H groups in total. The first kappa shape index (κ1) is 18.4. The molecule has 2 aromatic carbocycles. The normalized spacial score (nSPS) is 18.2. The van der Waals surface area contributed by atoms with Crippen LogP contribution in [0.1, 0.15) is 5.89 Å². The zero-order valence-corrected chi connectivity index (χ0v) is 16.6. The lowest BCUT2D eigenvalue weighted by Gasteiger charge is -2.33. The van der Waals surface area contributed by atoms with E-state index in [4.69, 9.17) is 13.9 Å². The van der Waals surface area contributed by atoms with Gasteiger partial charge in [-0.2, -0.15) is 4.31 Å². The van der Waals surface area contributed by atoms with Crippen molar-refractivity contribution >= 4 is 21.1 Å². The number of nitrogens with zero attached hydrogens (tertiary/aromatic N) is 3. The van der Waals surface area contributed by atoms with Crippen LogP contribution < -0.4 is 9.47 Å². The van der Waals surface area contributed by atoms with Crippen LogP contribution in [-0.4, -0.2) is 62.0 Å². The van der Waals surface area contributed by atoms with Gasteiger partial charge in [-0.15, -0.1) is 0 Å². The number of hydrogen-bond acceptors (Lipinski definition) is 7. The van der Waals surface area contributed by atoms with Gasteiger partial charge in [0.2, 0.25) is 15.9 Å². The van der Waals surface area contributed by atoms with E-state index in [9.17, 15) is 8.42 Å². The standard InChI is InChI=1S/C20H21N3O5S/c24-29(25,15-5-6-18-19(13-15)27-12-11-26-18)23-9-7-22(8-10-23)14-20-21-16-3-1-2-4-17(16)28-20/h1-6,13H,7-12,14H2. The highest BCUT2D eigenvalue weighted by atomic mass is 32.2. The van der Waals surface area contributed by atoms with Crippen LogP contribution in [0.2, 0.25) is 0 Å². The first-order valence-electron chi connectivity index (χ1n) is 9.56. The second-order valence-corrected chi connectivity index (χ2v) is 9.00. The summed E-state index contributed by atoms with van der Waals surface area (Å²) in [5.74, 6) is 1.71. The molecule has 0 atom stereocenters. The molecule has 5 rings (SSSR count). The maximum atomic E-state index is 13.0. The average molecular weight is 415 g/mol. The van der Waals surface area contributed by atoms with E-state index in [1.165, 1.54) is 4.31 Å². The van der Waals surface area contributed by atoms with Crippen LogP contribution in [0.5, 0.6) is 11.5 Å². The van der Waals surface area contributed by atoms with Crippen molar-refractivity contribution < 1.29 is 22.3 Å². The zero-order valence-electron chi connectivity index (χ0n) is 15.8. The van der Waals surface area contributed by atoms with Crippen molar-refractivity contribution in [2.75, 3.05) is 39.4 Å². The van der Waals surface area contributed by atoms with Crippen molar-refractivity contribution in [3.63, 3.8) is 0 Å². The van der Waals surface area contributed by atoms with E-state index in [0.29, 0.717) is 63.3 Å². The van der Waals surface area contributed by atoms with Gasteiger partial charge in [0.15, 0.2) is 17.1 Å². The Balaban J connectivity index is 1.26. The highest BCUT2D eigenvalue weighted by Gasteiger charge is 2.30. The summed E-state index contributed by atoms with van der Waals surface area (Å²) >= 11 is 0. The molecule has 0 aliphatic carbocycles. The number of piperazine rings is 1. The third kappa shape index (κ3) is 3.57. The number of ether oxygens (including phenoxy) is 2. The minimum atomic E-state index is -3.58. The lowest BCUT2D eigenvalue weighted by molar-refractivity contribution is 0.168. The quantitative estimate of drug-likeness (QED) is 0.645. The lowest BCUT2D eigenvalue weighted by atomic mass is 10.3. The fourth-order valence-electron chi connectivity index (χ4n) is 3.64. The maximum absolute atomic E-state index is 13.0. The molecule has 0 saturated carbocycles. The molecule has 0 radical (unpaired) electrons. The minimum Gasteiger partial charge on any atom is -0.486 e. The molecule has 152 valence electrons. The predicted octanol–water partition coefficient (Wildman–Crippen LogP) is 2.11. The SMILES string of the molecule is O=S(=O)(c1ccc2c(c1)OCCO2)N1CCN(Cc2nc3ccccc3o2)CC1. The van der Waals surface area contributed by atoms with Crippen LogP contribution in [0.3, 0.4) is 0 Å². The third-order valence-corrected chi connectivity index (χ3v) is 7.07. The van der Waals surface area contributed by atoms with E-state index in [1.807, 2.05) is 24.3 Å². The molecule has 0 unspecified atom stereocenters. The van der Waals surface area contributed by atoms with Gasteiger partial charge in [0.05, 0.1) is 11.4 Å². The summed E-state index contributed by atoms with van der Waals surface area (Å²) in [5, 5.41) is 0. The summed E-state index contributed by atoms with van der Waals surface area (Å²) in [7, 11) is -3.58. The minimum absolute atomic E-state index is 0.231. The lowest BCUT2D eigenvalue weighted by Crippen LogP contribution is -2.48. The third-order valence-electron chi connectivity index (χ3n) is 5.18. The fraction of sp³-hybridized carbons (Fsp3) is 0.350. The molecule has 1 saturated heterocycles. The molecule has 3 aromatic rings. The second kappa shape index (κ2) is 7.33. The molecule has 3 heterocycles. The Kier molecular flexibility index (Phi) is 4.65. The summed E-state index contributed by atoms with van der Waals surface area (Å²) in [6.07, 6.45) is 0. The van der Waals surface area contributed by atoms with Crippen LogP contribution in [0, 0.1) is 0 Å². The van der Waals surface area contributed by atoms with Gasteiger partial charge in [0.25, 0.3) is 0 Å². The van der Waals surface area contributed by atoms with Gasteiger partial charge in [0, 0.05) is 32.2 Å². The summed E-state index contributed by atoms with van der Waals surface area (Å²) in [6.45, 7) is 3.51. The maximum Gasteiger partial charge on any atom is 0.243 e. The van der Waals surface area contributed by atoms with E-state index in [1.54, 1.807) is 18.2 Å². The van der Waals surface area contributed by atoms with Crippen LogP contribution in [0.15, 0.2) is 51.8 Å². The average Bonchev–Trinajstić information content (AvgIpc) is 3.16. The number of fused-ring (bicyclic) bond motifs is 2. The summed E-state index contributed by atoms with van der Waals surface area (Å²) in [6, 6.07) is 12.4. The van der Waals surface area contributed by atoms with Crippen LogP contribution >= 0.6 is 0 Å². The Bertz CT molecular complexity index is 1100. The van der Waals surface area contributed by atoms with Gasteiger partial charge >= 0.3 is 0 Å². The van der Waals surface area contributed by atoms with Crippen molar-refractivity contribution in [2.45, 2.75) is 11.4 Å². The Hall–Kier alpha value is -2.62. The Morgan fingerprint density at radius 2 is 1.69 bits per heavy atom. The van der Waals surface area contributed by atoms with Crippen molar-refractivity contribution in [3.05, 3.63) is 48.4 Å². The first-order valence-corrected chi connectivity index (χ1v) is 11.0. The number of sulfonamides is 1. The summed E-state index contributed by atoms with van der Waals surface area (Å²) < 4.78 is 44.4. The molecule has 9 heteroatoms. The summed E-state index contributed by atoms with van der Waals surface area (Å²) in [5.41, 5.74) is 1.60. The second-order valence-electron chi connectivity index (χ2n) is 7.06. The van der Waals surface area contributed by atoms with Crippen LogP contribution in [0.25, 0.3) is 11.1 Å². The number of oxazole rings is 1. The van der Waals surface area contributed by atoms with E-state index in [-0.39, 0.29) is 4.90 Å². The topological polar surface area (TPSA) is 85.1 Å². The molecule has 0 spiro atoms. The Labute approximate surface area is 168 Å². The first-order chi connectivity index (χ1) is 14.1. The summed E-state index contributed by atoms with van der Waals surface area (Å²) in [4.78, 5) is 6.88. The molecule has 0 bridgehead atoms. The molecular formula is C20H21N3O5S. The van der Waals surface area contributed by atoms with Crippen molar-refractivity contribution in [1.82, 2.24) is 14.2 Å². The Morgan fingerprint density at radius 3 is 2.48 bits per heavy atom. The number of benzene rings is 2. The van der Waals surface area contributed by atoms with E-state index >= 15 is 0 Å². The predicted molar refractivity (Wildman–Crippen MR) is 105 cm³/mol. The number of rotatable bonds is 4. The fourth-order valence-corrected chi connectivity index (χ4v) is 5.08. The largest absolute Gasteiger partial charge is 0.486 e. The van der Waals surface area contributed by atoms with Gasteiger partial charge in [-0.25, -0.2) is 13.4 Å². The van der Waals surface area contributed by atoms with Crippen molar-refractivity contribution in [2.24, 2.45) is 0 Å². The number of para-hydroxylation sites is 2. The smallest absolute Gasteiger partial charge is 0.243 e. The molecule has 8 nitrogen and oxygen atoms in total. The van der Waals surface area contributed by atoms with Crippen molar-refractivity contribution in [1.29, 1.82) is 0 Å². The molecule has 2 aliphatic rings. The molecule has 29 heavy (non-hydrogen) atoms. The molecule has 0 amide bonds. The Morgan fingerprint density at radius 1 is 0.931 bits per heavy atom. The number of hydrogen-bond donors (Lipinski definition) is 0. The number of aromatic nitrogens is 1. The van der Waals surface area contributed by atoms with Gasteiger partial charge in [-0.3, -0.25) is 4.90 Å².